The molecule has 1 N–H and O–H groups in total. The maximum atomic E-state index is 10.4. The number of aromatic nitrogens is 3. The van der Waals surface area contributed by atoms with E-state index in [1.807, 2.05) is 6.92 Å². The van der Waals surface area contributed by atoms with E-state index in [4.69, 9.17) is 9.51 Å². The maximum Gasteiger partial charge on any atom is 0.261 e. The molecule has 1 saturated heterocycles. The minimum absolute atomic E-state index is 0.163. The summed E-state index contributed by atoms with van der Waals surface area (Å²) in [5.74, 6) is 3.23. The first-order valence-electron chi connectivity index (χ1n) is 12.9. The molecular weight excluding hydrogens is 426 g/mol. The van der Waals surface area contributed by atoms with Crippen LogP contribution in [0.15, 0.2) is 28.8 Å². The lowest BCUT2D eigenvalue weighted by Crippen LogP contribution is -2.56. The number of rotatable bonds is 5. The summed E-state index contributed by atoms with van der Waals surface area (Å²) in [7, 11) is 0. The molecule has 3 aliphatic rings. The molecule has 6 rings (SSSR count). The van der Waals surface area contributed by atoms with Crippen molar-refractivity contribution in [3.63, 3.8) is 0 Å². The van der Waals surface area contributed by atoms with Crippen LogP contribution in [-0.4, -0.2) is 63.5 Å². The molecule has 180 valence electrons. The lowest BCUT2D eigenvalue weighted by Gasteiger charge is -2.44. The molecule has 3 atom stereocenters. The van der Waals surface area contributed by atoms with Crippen LogP contribution < -0.4 is 4.90 Å². The predicted octanol–water partition coefficient (Wildman–Crippen LogP) is 4.35. The number of anilines is 1. The molecule has 0 radical (unpaired) electrons. The SMILES string of the molecule is Cc1ccc2nc(N3CCN(CC4CCCCC4)C(C4CC4O)C3)c(-c3nc(C)no3)cc2c1. The third kappa shape index (κ3) is 4.31. The monoisotopic (exact) mass is 461 g/mol. The average Bonchev–Trinajstić information content (AvgIpc) is 3.41. The average molecular weight is 462 g/mol. The van der Waals surface area contributed by atoms with E-state index in [0.29, 0.717) is 23.7 Å². The van der Waals surface area contributed by atoms with Gasteiger partial charge in [0, 0.05) is 43.5 Å². The number of benzene rings is 1. The molecule has 1 aromatic carbocycles. The third-order valence-electron chi connectivity index (χ3n) is 8.06. The first-order valence-corrected chi connectivity index (χ1v) is 12.9. The molecule has 3 fully saturated rings. The van der Waals surface area contributed by atoms with Gasteiger partial charge in [-0.1, -0.05) is 36.0 Å². The highest BCUT2D eigenvalue weighted by molar-refractivity contribution is 5.88. The van der Waals surface area contributed by atoms with Crippen LogP contribution in [0.5, 0.6) is 0 Å². The van der Waals surface area contributed by atoms with Gasteiger partial charge in [0.2, 0.25) is 0 Å². The number of nitrogens with zero attached hydrogens (tertiary/aromatic N) is 5. The summed E-state index contributed by atoms with van der Waals surface area (Å²) in [6.45, 7) is 7.90. The highest BCUT2D eigenvalue weighted by atomic mass is 16.5. The van der Waals surface area contributed by atoms with Gasteiger partial charge in [0.15, 0.2) is 5.82 Å². The summed E-state index contributed by atoms with van der Waals surface area (Å²) in [5, 5.41) is 15.5. The zero-order valence-electron chi connectivity index (χ0n) is 20.3. The second kappa shape index (κ2) is 8.93. The van der Waals surface area contributed by atoms with E-state index in [1.165, 1.54) is 44.2 Å². The molecule has 2 saturated carbocycles. The van der Waals surface area contributed by atoms with Gasteiger partial charge in [-0.05, 0) is 57.2 Å². The highest BCUT2D eigenvalue weighted by Crippen LogP contribution is 2.40. The molecule has 3 aromatic rings. The van der Waals surface area contributed by atoms with Crippen LogP contribution in [0.4, 0.5) is 5.82 Å². The molecule has 2 aromatic heterocycles. The zero-order chi connectivity index (χ0) is 23.2. The fraction of sp³-hybridized carbons (Fsp3) is 0.593. The Bertz CT molecular complexity index is 1170. The van der Waals surface area contributed by atoms with Gasteiger partial charge in [-0.25, -0.2) is 4.98 Å². The number of hydrogen-bond acceptors (Lipinski definition) is 7. The summed E-state index contributed by atoms with van der Waals surface area (Å²) in [4.78, 5) is 14.7. The topological polar surface area (TPSA) is 78.5 Å². The van der Waals surface area contributed by atoms with Gasteiger partial charge in [0.25, 0.3) is 5.89 Å². The lowest BCUT2D eigenvalue weighted by atomic mass is 9.88. The van der Waals surface area contributed by atoms with Gasteiger partial charge in [0.05, 0.1) is 17.2 Å². The Morgan fingerprint density at radius 2 is 1.88 bits per heavy atom. The van der Waals surface area contributed by atoms with Crippen molar-refractivity contribution in [2.75, 3.05) is 31.1 Å². The number of aliphatic hydroxyl groups excluding tert-OH is 1. The van der Waals surface area contributed by atoms with E-state index < -0.39 is 0 Å². The summed E-state index contributed by atoms with van der Waals surface area (Å²) >= 11 is 0. The first kappa shape index (κ1) is 22.0. The van der Waals surface area contributed by atoms with Gasteiger partial charge < -0.3 is 14.5 Å². The maximum absolute atomic E-state index is 10.4. The molecule has 0 bridgehead atoms. The Labute approximate surface area is 201 Å². The molecule has 0 spiro atoms. The van der Waals surface area contributed by atoms with Crippen molar-refractivity contribution in [1.82, 2.24) is 20.0 Å². The van der Waals surface area contributed by atoms with Crippen molar-refractivity contribution in [2.45, 2.75) is 64.5 Å². The number of aryl methyl sites for hydroxylation is 2. The van der Waals surface area contributed by atoms with E-state index >= 15 is 0 Å². The van der Waals surface area contributed by atoms with Crippen LogP contribution in [0.2, 0.25) is 0 Å². The smallest absolute Gasteiger partial charge is 0.261 e. The highest BCUT2D eigenvalue weighted by Gasteiger charge is 2.47. The molecule has 2 aliphatic carbocycles. The zero-order valence-corrected chi connectivity index (χ0v) is 20.3. The van der Waals surface area contributed by atoms with Crippen LogP contribution in [0.3, 0.4) is 0 Å². The van der Waals surface area contributed by atoms with Crippen molar-refractivity contribution in [3.05, 3.63) is 35.7 Å². The number of aliphatic hydroxyl groups is 1. The Morgan fingerprint density at radius 3 is 2.62 bits per heavy atom. The van der Waals surface area contributed by atoms with Crippen LogP contribution in [0.1, 0.15) is 49.9 Å². The Kier molecular flexibility index (Phi) is 5.77. The van der Waals surface area contributed by atoms with Crippen molar-refractivity contribution >= 4 is 16.7 Å². The third-order valence-corrected chi connectivity index (χ3v) is 8.06. The van der Waals surface area contributed by atoms with E-state index in [0.717, 1.165) is 54.3 Å². The predicted molar refractivity (Wildman–Crippen MR) is 133 cm³/mol. The number of hydrogen-bond donors (Lipinski definition) is 1. The molecule has 34 heavy (non-hydrogen) atoms. The molecule has 7 heteroatoms. The standard InChI is InChI=1S/C27H35N5O2/c1-17-8-9-23-20(12-17)13-22(27-28-18(2)30-34-27)26(29-23)32-11-10-31(15-19-6-4-3-5-7-19)24(16-32)21-14-25(21)33/h8-9,12-13,19,21,24-25,33H,3-7,10-11,14-16H2,1-2H3. The van der Waals surface area contributed by atoms with Gasteiger partial charge in [-0.15, -0.1) is 0 Å². The van der Waals surface area contributed by atoms with Gasteiger partial charge in [0.1, 0.15) is 5.82 Å². The molecule has 0 amide bonds. The fourth-order valence-electron chi connectivity index (χ4n) is 6.08. The van der Waals surface area contributed by atoms with Gasteiger partial charge >= 0.3 is 0 Å². The quantitative estimate of drug-likeness (QED) is 0.605. The van der Waals surface area contributed by atoms with Gasteiger partial charge in [-0.2, -0.15) is 4.98 Å². The summed E-state index contributed by atoms with van der Waals surface area (Å²) in [5.41, 5.74) is 3.08. The molecule has 1 aliphatic heterocycles. The van der Waals surface area contributed by atoms with Crippen LogP contribution in [-0.2, 0) is 0 Å². The Balaban J connectivity index is 1.33. The normalized spacial score (nSPS) is 26.3. The Morgan fingerprint density at radius 1 is 1.06 bits per heavy atom. The van der Waals surface area contributed by atoms with E-state index in [-0.39, 0.29) is 6.10 Å². The van der Waals surface area contributed by atoms with E-state index in [2.05, 4.69) is 51.1 Å². The van der Waals surface area contributed by atoms with Crippen LogP contribution in [0, 0.1) is 25.7 Å². The first-order chi connectivity index (χ1) is 16.5. The molecule has 3 heterocycles. The number of pyridine rings is 1. The molecule has 3 unspecified atom stereocenters. The Hall–Kier alpha value is -2.51. The minimum Gasteiger partial charge on any atom is -0.393 e. The van der Waals surface area contributed by atoms with Crippen LogP contribution >= 0.6 is 0 Å². The molecular formula is C27H35N5O2. The minimum atomic E-state index is -0.163. The molecule has 7 nitrogen and oxygen atoms in total. The second-order valence-corrected chi connectivity index (χ2v) is 10.7. The van der Waals surface area contributed by atoms with E-state index in [9.17, 15) is 5.11 Å². The summed E-state index contributed by atoms with van der Waals surface area (Å²) in [6, 6.07) is 8.87. The van der Waals surface area contributed by atoms with Crippen LogP contribution in [0.25, 0.3) is 22.4 Å². The van der Waals surface area contributed by atoms with Crippen molar-refractivity contribution < 1.29 is 9.63 Å². The van der Waals surface area contributed by atoms with Crippen molar-refractivity contribution in [3.8, 4) is 11.5 Å². The fourth-order valence-corrected chi connectivity index (χ4v) is 6.08. The lowest BCUT2D eigenvalue weighted by molar-refractivity contribution is 0.106. The number of piperazine rings is 1. The largest absolute Gasteiger partial charge is 0.393 e. The van der Waals surface area contributed by atoms with E-state index in [1.54, 1.807) is 0 Å². The van der Waals surface area contributed by atoms with Crippen molar-refractivity contribution in [1.29, 1.82) is 0 Å². The van der Waals surface area contributed by atoms with Crippen molar-refractivity contribution in [2.24, 2.45) is 11.8 Å². The second-order valence-electron chi connectivity index (χ2n) is 10.7. The summed E-state index contributed by atoms with van der Waals surface area (Å²) < 4.78 is 5.61. The summed E-state index contributed by atoms with van der Waals surface area (Å²) in [6.07, 6.45) is 7.59. The van der Waals surface area contributed by atoms with Gasteiger partial charge in [-0.3, -0.25) is 4.90 Å². The number of fused-ring (bicyclic) bond motifs is 1.